The van der Waals surface area contributed by atoms with Crippen LogP contribution in [0.3, 0.4) is 0 Å². The van der Waals surface area contributed by atoms with Crippen molar-refractivity contribution in [3.8, 4) is 0 Å². The van der Waals surface area contributed by atoms with Gasteiger partial charge in [-0.05, 0) is 42.0 Å². The fourth-order valence-electron chi connectivity index (χ4n) is 1.42. The summed E-state index contributed by atoms with van der Waals surface area (Å²) in [5, 5.41) is 3.15. The first-order chi connectivity index (χ1) is 9.13. The molecule has 0 saturated carbocycles. The average molecular weight is 356 g/mol. The normalized spacial score (nSPS) is 10.2. The molecule has 0 heterocycles. The second kappa shape index (κ2) is 7.03. The van der Waals surface area contributed by atoms with Crippen molar-refractivity contribution in [2.45, 2.75) is 5.75 Å². The predicted octanol–water partition coefficient (Wildman–Crippen LogP) is 5.22. The van der Waals surface area contributed by atoms with Gasteiger partial charge in [-0.25, -0.2) is 4.39 Å². The van der Waals surface area contributed by atoms with Crippen LogP contribution >= 0.6 is 39.9 Å². The van der Waals surface area contributed by atoms with Crippen molar-refractivity contribution < 1.29 is 4.39 Å². The largest absolute Gasteiger partial charge is 0.341 e. The molecule has 0 amide bonds. The van der Waals surface area contributed by atoms with Crippen molar-refractivity contribution in [2.75, 3.05) is 5.32 Å². The third kappa shape index (κ3) is 4.93. The molecule has 1 N–H and O–H groups in total. The molecule has 0 radical (unpaired) electrons. The van der Waals surface area contributed by atoms with E-state index in [0.29, 0.717) is 4.32 Å². The van der Waals surface area contributed by atoms with Crippen molar-refractivity contribution in [1.29, 1.82) is 0 Å². The van der Waals surface area contributed by atoms with Crippen molar-refractivity contribution in [2.24, 2.45) is 0 Å². The quantitative estimate of drug-likeness (QED) is 0.758. The molecular weight excluding hydrogens is 345 g/mol. The highest BCUT2D eigenvalue weighted by Gasteiger charge is 2.01. The van der Waals surface area contributed by atoms with Gasteiger partial charge in [-0.15, -0.1) is 0 Å². The Kier molecular flexibility index (Phi) is 5.36. The minimum absolute atomic E-state index is 0.218. The summed E-state index contributed by atoms with van der Waals surface area (Å²) in [5.74, 6) is 0.507. The average Bonchev–Trinajstić information content (AvgIpc) is 2.41. The van der Waals surface area contributed by atoms with Crippen molar-refractivity contribution in [3.63, 3.8) is 0 Å². The van der Waals surface area contributed by atoms with Gasteiger partial charge in [-0.3, -0.25) is 0 Å². The van der Waals surface area contributed by atoms with Crippen LogP contribution in [0.4, 0.5) is 10.1 Å². The summed E-state index contributed by atoms with van der Waals surface area (Å²) < 4.78 is 14.5. The summed E-state index contributed by atoms with van der Waals surface area (Å²) in [7, 11) is 0. The topological polar surface area (TPSA) is 12.0 Å². The van der Waals surface area contributed by atoms with Gasteiger partial charge in [0.1, 0.15) is 10.1 Å². The Labute approximate surface area is 129 Å². The van der Waals surface area contributed by atoms with E-state index < -0.39 is 0 Å². The Balaban J connectivity index is 1.84. The first kappa shape index (κ1) is 14.5. The summed E-state index contributed by atoms with van der Waals surface area (Å²) in [4.78, 5) is 0. The first-order valence-electron chi connectivity index (χ1n) is 5.57. The maximum absolute atomic E-state index is 12.8. The number of anilines is 1. The molecule has 0 aliphatic heterocycles. The lowest BCUT2D eigenvalue weighted by Crippen LogP contribution is -2.04. The van der Waals surface area contributed by atoms with E-state index >= 15 is 0 Å². The monoisotopic (exact) mass is 355 g/mol. The van der Waals surface area contributed by atoms with E-state index in [1.165, 1.54) is 23.9 Å². The molecule has 2 rings (SSSR count). The van der Waals surface area contributed by atoms with E-state index in [2.05, 4.69) is 21.2 Å². The molecular formula is C14H11BrFNS2. The maximum Gasteiger partial charge on any atom is 0.138 e. The van der Waals surface area contributed by atoms with Gasteiger partial charge in [0.2, 0.25) is 0 Å². The summed E-state index contributed by atoms with van der Waals surface area (Å²) in [6.07, 6.45) is 0. The van der Waals surface area contributed by atoms with Crippen LogP contribution in [0.5, 0.6) is 0 Å². The Morgan fingerprint density at radius 3 is 2.37 bits per heavy atom. The van der Waals surface area contributed by atoms with E-state index in [-0.39, 0.29) is 5.82 Å². The molecule has 98 valence electrons. The van der Waals surface area contributed by atoms with Gasteiger partial charge >= 0.3 is 0 Å². The number of benzene rings is 2. The Morgan fingerprint density at radius 1 is 1.11 bits per heavy atom. The molecule has 0 aliphatic carbocycles. The summed E-state index contributed by atoms with van der Waals surface area (Å²) in [6.45, 7) is 0. The molecule has 0 unspecified atom stereocenters. The molecule has 19 heavy (non-hydrogen) atoms. The molecule has 0 bridgehead atoms. The summed E-state index contributed by atoms with van der Waals surface area (Å²) in [6, 6.07) is 14.3. The lowest BCUT2D eigenvalue weighted by Gasteiger charge is -2.07. The van der Waals surface area contributed by atoms with Gasteiger partial charge in [-0.2, -0.15) is 0 Å². The zero-order valence-corrected chi connectivity index (χ0v) is 13.1. The molecule has 0 atom stereocenters. The number of thiocarbonyl (C=S) groups is 1. The molecule has 0 fully saturated rings. The van der Waals surface area contributed by atoms with Crippen molar-refractivity contribution >= 4 is 49.9 Å². The Bertz CT molecular complexity index is 555. The highest BCUT2D eigenvalue weighted by atomic mass is 79.9. The van der Waals surface area contributed by atoms with Gasteiger partial charge in [0, 0.05) is 15.9 Å². The highest BCUT2D eigenvalue weighted by Crippen LogP contribution is 2.19. The fourth-order valence-corrected chi connectivity index (χ4v) is 2.66. The van der Waals surface area contributed by atoms with Crippen molar-refractivity contribution in [3.05, 3.63) is 64.4 Å². The summed E-state index contributed by atoms with van der Waals surface area (Å²) in [5.41, 5.74) is 2.01. The molecule has 2 aromatic carbocycles. The number of hydrogen-bond acceptors (Lipinski definition) is 2. The molecule has 0 spiro atoms. The Hall–Kier alpha value is -0.910. The fraction of sp³-hybridized carbons (Fsp3) is 0.0714. The SMILES string of the molecule is Fc1ccc(CSC(=S)Nc2ccc(Br)cc2)cc1. The van der Waals surface area contributed by atoms with Gasteiger partial charge in [0.05, 0.1) is 0 Å². The third-order valence-electron chi connectivity index (χ3n) is 2.37. The third-order valence-corrected chi connectivity index (χ3v) is 4.20. The molecule has 1 nitrogen and oxygen atoms in total. The lowest BCUT2D eigenvalue weighted by molar-refractivity contribution is 0.627. The van der Waals surface area contributed by atoms with Gasteiger partial charge in [-0.1, -0.05) is 52.0 Å². The van der Waals surface area contributed by atoms with E-state index in [9.17, 15) is 4.39 Å². The maximum atomic E-state index is 12.8. The molecule has 5 heteroatoms. The van der Waals surface area contributed by atoms with Crippen LogP contribution in [-0.2, 0) is 5.75 Å². The van der Waals surface area contributed by atoms with Gasteiger partial charge in [0.15, 0.2) is 0 Å². The molecule has 0 aliphatic rings. The van der Waals surface area contributed by atoms with Crippen LogP contribution in [0.1, 0.15) is 5.56 Å². The number of rotatable bonds is 3. The van der Waals surface area contributed by atoms with Crippen LogP contribution in [0.25, 0.3) is 0 Å². The summed E-state index contributed by atoms with van der Waals surface area (Å²) >= 11 is 10.2. The van der Waals surface area contributed by atoms with Gasteiger partial charge < -0.3 is 5.32 Å². The highest BCUT2D eigenvalue weighted by molar-refractivity contribution is 9.10. The Morgan fingerprint density at radius 2 is 1.74 bits per heavy atom. The van der Waals surface area contributed by atoms with Crippen LogP contribution in [-0.4, -0.2) is 4.32 Å². The zero-order valence-electron chi connectivity index (χ0n) is 9.90. The second-order valence-electron chi connectivity index (χ2n) is 3.83. The number of nitrogens with one attached hydrogen (secondary N) is 1. The van der Waals surface area contributed by atoms with Crippen LogP contribution < -0.4 is 5.32 Å². The van der Waals surface area contributed by atoms with E-state index in [1.54, 1.807) is 12.1 Å². The number of halogens is 2. The number of thioether (sulfide) groups is 1. The molecule has 2 aromatic rings. The van der Waals surface area contributed by atoms with E-state index in [0.717, 1.165) is 21.5 Å². The standard InChI is InChI=1S/C14H11BrFNS2/c15-11-3-7-13(8-4-11)17-14(18)19-9-10-1-5-12(16)6-2-10/h1-8H,9H2,(H,17,18). The van der Waals surface area contributed by atoms with Gasteiger partial charge in [0.25, 0.3) is 0 Å². The minimum atomic E-state index is -0.218. The minimum Gasteiger partial charge on any atom is -0.341 e. The van der Waals surface area contributed by atoms with E-state index in [4.69, 9.17) is 12.2 Å². The smallest absolute Gasteiger partial charge is 0.138 e. The van der Waals surface area contributed by atoms with E-state index in [1.807, 2.05) is 24.3 Å². The van der Waals surface area contributed by atoms with Crippen LogP contribution in [0.15, 0.2) is 53.0 Å². The van der Waals surface area contributed by atoms with Crippen molar-refractivity contribution in [1.82, 2.24) is 0 Å². The van der Waals surface area contributed by atoms with Crippen LogP contribution in [0.2, 0.25) is 0 Å². The van der Waals surface area contributed by atoms with Crippen LogP contribution in [0, 0.1) is 5.82 Å². The second-order valence-corrected chi connectivity index (χ2v) is 6.40. The lowest BCUT2D eigenvalue weighted by atomic mass is 10.2. The number of hydrogen-bond donors (Lipinski definition) is 1. The zero-order chi connectivity index (χ0) is 13.7. The molecule has 0 aromatic heterocycles. The predicted molar refractivity (Wildman–Crippen MR) is 88.1 cm³/mol. The first-order valence-corrected chi connectivity index (χ1v) is 7.76. The molecule has 0 saturated heterocycles.